The van der Waals surface area contributed by atoms with Gasteiger partial charge in [0, 0.05) is 13.1 Å². The molecule has 0 aromatic rings. The van der Waals surface area contributed by atoms with Crippen LogP contribution in [0.1, 0.15) is 27.2 Å². The van der Waals surface area contributed by atoms with Gasteiger partial charge in [-0.25, -0.2) is 9.59 Å². The first-order valence-corrected chi connectivity index (χ1v) is 6.32. The molecule has 2 amide bonds. The zero-order valence-corrected chi connectivity index (χ0v) is 11.7. The molecular weight excluding hydrogens is 234 g/mol. The van der Waals surface area contributed by atoms with E-state index in [4.69, 9.17) is 5.11 Å². The molecule has 0 rings (SSSR count). The highest BCUT2D eigenvalue weighted by atomic mass is 16.4. The van der Waals surface area contributed by atoms with Crippen molar-refractivity contribution >= 4 is 12.0 Å². The quantitative estimate of drug-likeness (QED) is 0.600. The Balaban J connectivity index is 3.99. The Bertz CT molecular complexity index is 269. The van der Waals surface area contributed by atoms with Gasteiger partial charge in [-0.1, -0.05) is 20.8 Å². The molecule has 1 unspecified atom stereocenters. The fraction of sp³-hybridized carbons (Fsp3) is 0.833. The van der Waals surface area contributed by atoms with Crippen LogP contribution in [0.4, 0.5) is 4.79 Å². The minimum Gasteiger partial charge on any atom is -0.480 e. The van der Waals surface area contributed by atoms with E-state index >= 15 is 0 Å². The number of amides is 2. The maximum Gasteiger partial charge on any atom is 0.326 e. The molecule has 3 N–H and O–H groups in total. The molecule has 0 aliphatic rings. The van der Waals surface area contributed by atoms with Gasteiger partial charge in [0.05, 0.1) is 0 Å². The Morgan fingerprint density at radius 3 is 2.39 bits per heavy atom. The number of carbonyl (C=O) groups excluding carboxylic acids is 1. The van der Waals surface area contributed by atoms with E-state index in [1.54, 1.807) is 0 Å². The number of hydrogen-bond donors (Lipinski definition) is 3. The summed E-state index contributed by atoms with van der Waals surface area (Å²) < 4.78 is 0. The molecule has 0 radical (unpaired) electrons. The van der Waals surface area contributed by atoms with Crippen molar-refractivity contribution in [1.29, 1.82) is 0 Å². The highest BCUT2D eigenvalue weighted by molar-refractivity contribution is 5.82. The molecule has 106 valence electrons. The summed E-state index contributed by atoms with van der Waals surface area (Å²) in [4.78, 5) is 24.5. The number of likely N-dealkylation sites (N-methyl/N-ethyl adjacent to an activating group) is 1. The van der Waals surface area contributed by atoms with Gasteiger partial charge in [0.1, 0.15) is 6.04 Å². The smallest absolute Gasteiger partial charge is 0.326 e. The molecule has 1 atom stereocenters. The van der Waals surface area contributed by atoms with E-state index < -0.39 is 18.0 Å². The van der Waals surface area contributed by atoms with Crippen LogP contribution in [0.5, 0.6) is 0 Å². The number of aliphatic carboxylic acids is 1. The Morgan fingerprint density at radius 2 is 1.94 bits per heavy atom. The molecule has 0 aliphatic carbocycles. The molecule has 0 fully saturated rings. The van der Waals surface area contributed by atoms with Gasteiger partial charge in [-0.05, 0) is 25.9 Å². The van der Waals surface area contributed by atoms with Crippen molar-refractivity contribution in [3.8, 4) is 0 Å². The standard InChI is InChI=1S/C12H25N3O3/c1-5-15(4)7-6-13-12(18)14-10(11(16)17)8-9(2)3/h9-10H,5-8H2,1-4H3,(H,16,17)(H2,13,14,18). The van der Waals surface area contributed by atoms with Crippen LogP contribution in [-0.4, -0.2) is 54.7 Å². The highest BCUT2D eigenvalue weighted by Crippen LogP contribution is 2.04. The first-order chi connectivity index (χ1) is 8.36. The van der Waals surface area contributed by atoms with E-state index in [2.05, 4.69) is 15.5 Å². The van der Waals surface area contributed by atoms with Crippen molar-refractivity contribution in [3.05, 3.63) is 0 Å². The minimum absolute atomic E-state index is 0.220. The van der Waals surface area contributed by atoms with E-state index in [0.29, 0.717) is 13.0 Å². The number of carbonyl (C=O) groups is 2. The molecule has 0 bridgehead atoms. The summed E-state index contributed by atoms with van der Waals surface area (Å²) in [6.07, 6.45) is 0.428. The maximum absolute atomic E-state index is 11.5. The molecule has 0 aromatic heterocycles. The van der Waals surface area contributed by atoms with E-state index in [1.165, 1.54) is 0 Å². The van der Waals surface area contributed by atoms with Gasteiger partial charge in [-0.2, -0.15) is 0 Å². The first-order valence-electron chi connectivity index (χ1n) is 6.32. The molecule has 0 spiro atoms. The molecule has 0 saturated carbocycles. The predicted octanol–water partition coefficient (Wildman–Crippen LogP) is 0.737. The molecule has 18 heavy (non-hydrogen) atoms. The normalized spacial score (nSPS) is 12.6. The van der Waals surface area contributed by atoms with E-state index in [-0.39, 0.29) is 5.92 Å². The third kappa shape index (κ3) is 7.89. The summed E-state index contributed by atoms with van der Waals surface area (Å²) in [6.45, 7) is 8.03. The molecular formula is C12H25N3O3. The largest absolute Gasteiger partial charge is 0.480 e. The summed E-state index contributed by atoms with van der Waals surface area (Å²) in [5.74, 6) is -0.776. The second-order valence-electron chi connectivity index (χ2n) is 4.82. The number of carboxylic acid groups (broad SMARTS) is 1. The number of rotatable bonds is 8. The summed E-state index contributed by atoms with van der Waals surface area (Å²) >= 11 is 0. The Kier molecular flexibility index (Phi) is 8.11. The van der Waals surface area contributed by atoms with E-state index in [1.807, 2.05) is 27.8 Å². The van der Waals surface area contributed by atoms with E-state index in [9.17, 15) is 9.59 Å². The van der Waals surface area contributed by atoms with Crippen LogP contribution in [0.3, 0.4) is 0 Å². The second-order valence-corrected chi connectivity index (χ2v) is 4.82. The lowest BCUT2D eigenvalue weighted by Gasteiger charge is -2.18. The zero-order chi connectivity index (χ0) is 14.1. The summed E-state index contributed by atoms with van der Waals surface area (Å²) in [7, 11) is 1.96. The average molecular weight is 259 g/mol. The average Bonchev–Trinajstić information content (AvgIpc) is 2.27. The van der Waals surface area contributed by atoms with Crippen LogP contribution in [-0.2, 0) is 4.79 Å². The lowest BCUT2D eigenvalue weighted by molar-refractivity contribution is -0.139. The maximum atomic E-state index is 11.5. The fourth-order valence-corrected chi connectivity index (χ4v) is 1.42. The zero-order valence-electron chi connectivity index (χ0n) is 11.7. The van der Waals surface area contributed by atoms with Crippen LogP contribution in [0.2, 0.25) is 0 Å². The molecule has 0 aliphatic heterocycles. The van der Waals surface area contributed by atoms with Crippen molar-refractivity contribution in [1.82, 2.24) is 15.5 Å². The fourth-order valence-electron chi connectivity index (χ4n) is 1.42. The molecule has 6 nitrogen and oxygen atoms in total. The van der Waals surface area contributed by atoms with Crippen LogP contribution < -0.4 is 10.6 Å². The van der Waals surface area contributed by atoms with Gasteiger partial charge < -0.3 is 20.6 Å². The summed E-state index contributed by atoms with van der Waals surface area (Å²) in [6, 6.07) is -1.25. The number of nitrogens with one attached hydrogen (secondary N) is 2. The lowest BCUT2D eigenvalue weighted by atomic mass is 10.0. The number of hydrogen-bond acceptors (Lipinski definition) is 3. The first kappa shape index (κ1) is 16.7. The van der Waals surface area contributed by atoms with Crippen LogP contribution >= 0.6 is 0 Å². The Morgan fingerprint density at radius 1 is 1.33 bits per heavy atom. The Labute approximate surface area is 109 Å². The van der Waals surface area contributed by atoms with Crippen molar-refractivity contribution in [2.24, 2.45) is 5.92 Å². The van der Waals surface area contributed by atoms with Crippen molar-refractivity contribution in [2.75, 3.05) is 26.7 Å². The SMILES string of the molecule is CCN(C)CCNC(=O)NC(CC(C)C)C(=O)O. The Hall–Kier alpha value is -1.30. The van der Waals surface area contributed by atoms with Gasteiger partial charge in [0.2, 0.25) is 0 Å². The second kappa shape index (κ2) is 8.74. The monoisotopic (exact) mass is 259 g/mol. The number of nitrogens with zero attached hydrogens (tertiary/aromatic N) is 1. The van der Waals surface area contributed by atoms with Gasteiger partial charge in [0.25, 0.3) is 0 Å². The third-order valence-corrected chi connectivity index (χ3v) is 2.63. The van der Waals surface area contributed by atoms with Crippen molar-refractivity contribution < 1.29 is 14.7 Å². The summed E-state index contributed by atoms with van der Waals surface area (Å²) in [5.41, 5.74) is 0. The molecule has 0 heterocycles. The van der Waals surface area contributed by atoms with Crippen molar-refractivity contribution in [2.45, 2.75) is 33.2 Å². The molecule has 6 heteroatoms. The lowest BCUT2D eigenvalue weighted by Crippen LogP contribution is -2.47. The highest BCUT2D eigenvalue weighted by Gasteiger charge is 2.20. The molecule has 0 aromatic carbocycles. The van der Waals surface area contributed by atoms with Gasteiger partial charge >= 0.3 is 12.0 Å². The third-order valence-electron chi connectivity index (χ3n) is 2.63. The van der Waals surface area contributed by atoms with Gasteiger partial charge in [0.15, 0.2) is 0 Å². The van der Waals surface area contributed by atoms with Crippen molar-refractivity contribution in [3.63, 3.8) is 0 Å². The number of urea groups is 1. The van der Waals surface area contributed by atoms with Gasteiger partial charge in [-0.3, -0.25) is 0 Å². The van der Waals surface area contributed by atoms with Crippen LogP contribution in [0.25, 0.3) is 0 Å². The minimum atomic E-state index is -0.996. The summed E-state index contributed by atoms with van der Waals surface area (Å²) in [5, 5.41) is 14.1. The van der Waals surface area contributed by atoms with Gasteiger partial charge in [-0.15, -0.1) is 0 Å². The number of carboxylic acids is 1. The molecule has 0 saturated heterocycles. The predicted molar refractivity (Wildman–Crippen MR) is 70.6 cm³/mol. The van der Waals surface area contributed by atoms with E-state index in [0.717, 1.165) is 13.1 Å². The van der Waals surface area contributed by atoms with Crippen LogP contribution in [0, 0.1) is 5.92 Å². The topological polar surface area (TPSA) is 81.7 Å². The van der Waals surface area contributed by atoms with Crippen LogP contribution in [0.15, 0.2) is 0 Å².